The average molecular weight is 401 g/mol. The van der Waals surface area contributed by atoms with Gasteiger partial charge in [0.2, 0.25) is 5.91 Å². The van der Waals surface area contributed by atoms with Crippen molar-refractivity contribution < 1.29 is 17.9 Å². The van der Waals surface area contributed by atoms with E-state index in [0.29, 0.717) is 17.9 Å². The van der Waals surface area contributed by atoms with Crippen LogP contribution in [0.3, 0.4) is 0 Å². The van der Waals surface area contributed by atoms with Gasteiger partial charge in [-0.25, -0.2) is 8.42 Å². The van der Waals surface area contributed by atoms with Gasteiger partial charge >= 0.3 is 0 Å². The summed E-state index contributed by atoms with van der Waals surface area (Å²) in [4.78, 5) is 14.8. The van der Waals surface area contributed by atoms with E-state index in [0.717, 1.165) is 30.5 Å². The van der Waals surface area contributed by atoms with Crippen LogP contribution in [0.25, 0.3) is 0 Å². The molecule has 28 heavy (non-hydrogen) atoms. The average Bonchev–Trinajstić information content (AvgIpc) is 2.95. The van der Waals surface area contributed by atoms with Crippen molar-refractivity contribution in [2.45, 2.75) is 43.5 Å². The summed E-state index contributed by atoms with van der Waals surface area (Å²) >= 11 is 0. The highest BCUT2D eigenvalue weighted by Crippen LogP contribution is 2.38. The summed E-state index contributed by atoms with van der Waals surface area (Å²) in [5.41, 5.74) is 2.21. The number of nitrogens with one attached hydrogen (secondary N) is 1. The van der Waals surface area contributed by atoms with E-state index < -0.39 is 10.0 Å². The second-order valence-electron chi connectivity index (χ2n) is 7.51. The Balaban J connectivity index is 1.58. The zero-order chi connectivity index (χ0) is 19.9. The molecule has 0 spiro atoms. The molecule has 7 heteroatoms. The molecule has 1 atom stereocenters. The quantitative estimate of drug-likeness (QED) is 0.832. The van der Waals surface area contributed by atoms with E-state index >= 15 is 0 Å². The molecule has 0 aromatic heterocycles. The molecule has 1 fully saturated rings. The zero-order valence-corrected chi connectivity index (χ0v) is 16.8. The molecule has 1 N–H and O–H groups in total. The molecular formula is C21H24N2O4S. The third-order valence-electron chi connectivity index (χ3n) is 5.61. The molecule has 4 rings (SSSR count). The van der Waals surface area contributed by atoms with E-state index in [1.54, 1.807) is 49.6 Å². The highest BCUT2D eigenvalue weighted by Gasteiger charge is 2.37. The number of amides is 1. The van der Waals surface area contributed by atoms with E-state index in [1.807, 2.05) is 11.8 Å². The van der Waals surface area contributed by atoms with Gasteiger partial charge in [0, 0.05) is 23.3 Å². The number of benzene rings is 2. The van der Waals surface area contributed by atoms with Crippen LogP contribution in [0.4, 0.5) is 11.4 Å². The number of carbonyl (C=O) groups excluding carboxylic acids is 1. The lowest BCUT2D eigenvalue weighted by Gasteiger charge is -2.32. The minimum absolute atomic E-state index is 0.0515. The lowest BCUT2D eigenvalue weighted by molar-refractivity contribution is -0.125. The number of methoxy groups -OCH3 is 1. The molecule has 0 unspecified atom stereocenters. The summed E-state index contributed by atoms with van der Waals surface area (Å²) in [6.45, 7) is 2.01. The van der Waals surface area contributed by atoms with Crippen LogP contribution in [0.5, 0.6) is 5.75 Å². The number of hydrogen-bond acceptors (Lipinski definition) is 4. The zero-order valence-electron chi connectivity index (χ0n) is 16.0. The van der Waals surface area contributed by atoms with Gasteiger partial charge in [-0.1, -0.05) is 6.42 Å². The van der Waals surface area contributed by atoms with Crippen molar-refractivity contribution in [3.8, 4) is 5.75 Å². The van der Waals surface area contributed by atoms with Crippen LogP contribution < -0.4 is 14.4 Å². The van der Waals surface area contributed by atoms with Crippen molar-refractivity contribution in [1.82, 2.24) is 0 Å². The van der Waals surface area contributed by atoms with Gasteiger partial charge in [-0.2, -0.15) is 0 Å². The Kier molecular flexibility index (Phi) is 4.79. The number of hydrogen-bond donors (Lipinski definition) is 1. The van der Waals surface area contributed by atoms with Crippen molar-refractivity contribution >= 4 is 27.3 Å². The minimum atomic E-state index is -3.71. The number of anilines is 2. The number of sulfonamides is 1. The monoisotopic (exact) mass is 400 g/mol. The fraction of sp³-hybridized carbons (Fsp3) is 0.381. The van der Waals surface area contributed by atoms with Crippen LogP contribution in [0, 0.1) is 5.92 Å². The molecular weight excluding hydrogens is 376 g/mol. The Hall–Kier alpha value is -2.54. The second-order valence-corrected chi connectivity index (χ2v) is 9.20. The van der Waals surface area contributed by atoms with Crippen LogP contribution in [0.15, 0.2) is 47.4 Å². The standard InChI is InChI=1S/C21H24N2O4S/c1-14-12-16-13-19(10-11-20(16)23(14)21(24)15-4-3-5-15)28(25,26)22-17-6-8-18(27-2)9-7-17/h6-11,13-15,22H,3-5,12H2,1-2H3/t14-/m0/s1. The summed E-state index contributed by atoms with van der Waals surface area (Å²) in [7, 11) is -2.15. The SMILES string of the molecule is COc1ccc(NS(=O)(=O)c2ccc3c(c2)C[C@H](C)N3C(=O)C2CCC2)cc1. The Morgan fingerprint density at radius 2 is 1.86 bits per heavy atom. The highest BCUT2D eigenvalue weighted by molar-refractivity contribution is 7.92. The molecule has 2 aliphatic rings. The van der Waals surface area contributed by atoms with E-state index in [-0.39, 0.29) is 22.8 Å². The predicted octanol–water partition coefficient (Wildman–Crippen LogP) is 3.57. The maximum Gasteiger partial charge on any atom is 0.261 e. The molecule has 1 aliphatic carbocycles. The van der Waals surface area contributed by atoms with Crippen molar-refractivity contribution in [1.29, 1.82) is 0 Å². The molecule has 0 saturated heterocycles. The topological polar surface area (TPSA) is 75.7 Å². The van der Waals surface area contributed by atoms with Crippen molar-refractivity contribution in [3.63, 3.8) is 0 Å². The summed E-state index contributed by atoms with van der Waals surface area (Å²) in [5.74, 6) is 0.948. The van der Waals surface area contributed by atoms with Gasteiger partial charge in [-0.3, -0.25) is 9.52 Å². The third kappa shape index (κ3) is 3.35. The Morgan fingerprint density at radius 3 is 2.46 bits per heavy atom. The molecule has 1 aliphatic heterocycles. The van der Waals surface area contributed by atoms with Gasteiger partial charge in [-0.05, 0) is 74.2 Å². The van der Waals surface area contributed by atoms with Crippen LogP contribution in [0.1, 0.15) is 31.7 Å². The summed E-state index contributed by atoms with van der Waals surface area (Å²) in [5, 5.41) is 0. The predicted molar refractivity (Wildman–Crippen MR) is 108 cm³/mol. The fourth-order valence-corrected chi connectivity index (χ4v) is 4.94. The molecule has 1 saturated carbocycles. The molecule has 0 bridgehead atoms. The largest absolute Gasteiger partial charge is 0.497 e. The Labute approximate surface area is 165 Å². The summed E-state index contributed by atoms with van der Waals surface area (Å²) in [6, 6.07) is 11.8. The molecule has 2 aromatic rings. The number of carbonyl (C=O) groups is 1. The third-order valence-corrected chi connectivity index (χ3v) is 6.99. The number of rotatable bonds is 5. The van der Waals surface area contributed by atoms with E-state index in [4.69, 9.17) is 4.74 Å². The lowest BCUT2D eigenvalue weighted by atomic mass is 9.84. The highest BCUT2D eigenvalue weighted by atomic mass is 32.2. The second kappa shape index (κ2) is 7.13. The van der Waals surface area contributed by atoms with Crippen molar-refractivity contribution in [3.05, 3.63) is 48.0 Å². The van der Waals surface area contributed by atoms with Gasteiger partial charge in [0.05, 0.1) is 12.0 Å². The van der Waals surface area contributed by atoms with Crippen LogP contribution in [-0.4, -0.2) is 27.5 Å². The first kappa shape index (κ1) is 18.8. The molecule has 1 heterocycles. The molecule has 6 nitrogen and oxygen atoms in total. The molecule has 1 amide bonds. The first-order valence-electron chi connectivity index (χ1n) is 9.52. The summed E-state index contributed by atoms with van der Waals surface area (Å²) < 4.78 is 33.3. The van der Waals surface area contributed by atoms with E-state index in [1.165, 1.54) is 0 Å². The van der Waals surface area contributed by atoms with Gasteiger partial charge < -0.3 is 9.64 Å². The van der Waals surface area contributed by atoms with Crippen LogP contribution in [-0.2, 0) is 21.2 Å². The molecule has 0 radical (unpaired) electrons. The maximum atomic E-state index is 12.8. The summed E-state index contributed by atoms with van der Waals surface area (Å²) in [6.07, 6.45) is 3.69. The van der Waals surface area contributed by atoms with Crippen molar-refractivity contribution in [2.75, 3.05) is 16.7 Å². The van der Waals surface area contributed by atoms with Gasteiger partial charge in [0.25, 0.3) is 10.0 Å². The van der Waals surface area contributed by atoms with Gasteiger partial charge in [-0.15, -0.1) is 0 Å². The van der Waals surface area contributed by atoms with Crippen molar-refractivity contribution in [2.24, 2.45) is 5.92 Å². The molecule has 2 aromatic carbocycles. The number of fused-ring (bicyclic) bond motifs is 1. The lowest BCUT2D eigenvalue weighted by Crippen LogP contribution is -2.42. The fourth-order valence-electron chi connectivity index (χ4n) is 3.84. The Bertz CT molecular complexity index is 998. The first-order valence-corrected chi connectivity index (χ1v) is 11.0. The van der Waals surface area contributed by atoms with Crippen LogP contribution >= 0.6 is 0 Å². The van der Waals surface area contributed by atoms with Gasteiger partial charge in [0.1, 0.15) is 5.75 Å². The number of nitrogens with zero attached hydrogens (tertiary/aromatic N) is 1. The maximum absolute atomic E-state index is 12.8. The van der Waals surface area contributed by atoms with E-state index in [2.05, 4.69) is 4.72 Å². The molecule has 148 valence electrons. The normalized spacial score (nSPS) is 19.1. The van der Waals surface area contributed by atoms with Gasteiger partial charge in [0.15, 0.2) is 0 Å². The Morgan fingerprint density at radius 1 is 1.14 bits per heavy atom. The first-order chi connectivity index (χ1) is 13.4. The van der Waals surface area contributed by atoms with Crippen LogP contribution in [0.2, 0.25) is 0 Å². The number of ether oxygens (including phenoxy) is 1. The smallest absolute Gasteiger partial charge is 0.261 e. The van der Waals surface area contributed by atoms with E-state index in [9.17, 15) is 13.2 Å². The minimum Gasteiger partial charge on any atom is -0.497 e.